The van der Waals surface area contributed by atoms with Gasteiger partial charge in [0.2, 0.25) is 5.09 Å². The van der Waals surface area contributed by atoms with E-state index in [0.29, 0.717) is 24.5 Å². The van der Waals surface area contributed by atoms with Crippen molar-refractivity contribution >= 4 is 21.6 Å². The van der Waals surface area contributed by atoms with Gasteiger partial charge in [0.1, 0.15) is 5.75 Å². The first-order valence-corrected chi connectivity index (χ1v) is 9.50. The third kappa shape index (κ3) is 3.85. The average Bonchev–Trinajstić information content (AvgIpc) is 3.14. The van der Waals surface area contributed by atoms with E-state index in [2.05, 4.69) is 5.32 Å². The van der Waals surface area contributed by atoms with Crippen LogP contribution < -0.4 is 10.1 Å². The largest absolute Gasteiger partial charge is 0.497 e. The topological polar surface area (TPSA) is 88.8 Å². The van der Waals surface area contributed by atoms with Gasteiger partial charge in [0, 0.05) is 24.8 Å². The second-order valence-corrected chi connectivity index (χ2v) is 7.64. The predicted octanol–water partition coefficient (Wildman–Crippen LogP) is 2.72. The summed E-state index contributed by atoms with van der Waals surface area (Å²) in [6.07, 6.45) is 2.70. The second kappa shape index (κ2) is 7.28. The summed E-state index contributed by atoms with van der Waals surface area (Å²) < 4.78 is 36.9. The third-order valence-electron chi connectivity index (χ3n) is 4.04. The number of ether oxygens (including phenoxy) is 1. The Morgan fingerprint density at radius 3 is 2.64 bits per heavy atom. The lowest BCUT2D eigenvalue weighted by molar-refractivity contribution is 0.0991. The van der Waals surface area contributed by atoms with E-state index in [1.54, 1.807) is 24.3 Å². The maximum absolute atomic E-state index is 12.5. The van der Waals surface area contributed by atoms with E-state index in [0.717, 1.165) is 19.3 Å². The highest BCUT2D eigenvalue weighted by atomic mass is 32.2. The summed E-state index contributed by atoms with van der Waals surface area (Å²) >= 11 is 0. The number of benzene rings is 1. The molecule has 3 rings (SSSR count). The van der Waals surface area contributed by atoms with Crippen LogP contribution in [0.3, 0.4) is 0 Å². The molecule has 1 aliphatic heterocycles. The quantitative estimate of drug-likeness (QED) is 0.881. The van der Waals surface area contributed by atoms with Crippen molar-refractivity contribution in [3.05, 3.63) is 42.2 Å². The zero-order chi connectivity index (χ0) is 17.9. The van der Waals surface area contributed by atoms with Crippen LogP contribution in [0.2, 0.25) is 0 Å². The highest BCUT2D eigenvalue weighted by Gasteiger charge is 2.29. The molecule has 0 spiro atoms. The van der Waals surface area contributed by atoms with Crippen LogP contribution >= 0.6 is 0 Å². The first kappa shape index (κ1) is 17.5. The fourth-order valence-electron chi connectivity index (χ4n) is 2.71. The molecule has 2 heterocycles. The van der Waals surface area contributed by atoms with E-state index in [-0.39, 0.29) is 10.9 Å². The Balaban J connectivity index is 1.75. The normalized spacial score (nSPS) is 15.7. The zero-order valence-electron chi connectivity index (χ0n) is 13.9. The molecule has 134 valence electrons. The number of hydrogen-bond donors (Lipinski definition) is 1. The second-order valence-electron chi connectivity index (χ2n) is 5.77. The molecule has 0 aliphatic carbocycles. The summed E-state index contributed by atoms with van der Waals surface area (Å²) in [7, 11) is -2.16. The number of sulfonamides is 1. The van der Waals surface area contributed by atoms with Gasteiger partial charge in [-0.2, -0.15) is 4.31 Å². The first-order chi connectivity index (χ1) is 12.0. The summed E-state index contributed by atoms with van der Waals surface area (Å²) in [5.41, 5.74) is 0.529. The van der Waals surface area contributed by atoms with Gasteiger partial charge in [-0.15, -0.1) is 0 Å². The number of carbonyl (C=O) groups is 1. The Morgan fingerprint density at radius 1 is 1.16 bits per heavy atom. The van der Waals surface area contributed by atoms with Gasteiger partial charge in [0.25, 0.3) is 15.9 Å². The highest BCUT2D eigenvalue weighted by molar-refractivity contribution is 7.89. The molecule has 0 saturated carbocycles. The molecule has 1 aliphatic rings. The highest BCUT2D eigenvalue weighted by Crippen LogP contribution is 2.23. The van der Waals surface area contributed by atoms with Crippen molar-refractivity contribution < 1.29 is 22.4 Å². The van der Waals surface area contributed by atoms with Gasteiger partial charge < -0.3 is 14.5 Å². The van der Waals surface area contributed by atoms with E-state index < -0.39 is 15.9 Å². The predicted molar refractivity (Wildman–Crippen MR) is 92.3 cm³/mol. The monoisotopic (exact) mass is 364 g/mol. The minimum atomic E-state index is -3.69. The van der Waals surface area contributed by atoms with Crippen LogP contribution in [0.1, 0.15) is 29.8 Å². The van der Waals surface area contributed by atoms with Gasteiger partial charge in [-0.05, 0) is 37.1 Å². The maximum Gasteiger partial charge on any atom is 0.291 e. The summed E-state index contributed by atoms with van der Waals surface area (Å²) in [4.78, 5) is 12.3. The van der Waals surface area contributed by atoms with Crippen LogP contribution in [0.15, 0.2) is 45.9 Å². The molecular formula is C17H20N2O5S. The molecule has 7 nitrogen and oxygen atoms in total. The number of anilines is 1. The zero-order valence-corrected chi connectivity index (χ0v) is 14.7. The summed E-state index contributed by atoms with van der Waals surface area (Å²) in [6, 6.07) is 9.55. The number of piperidine rings is 1. The van der Waals surface area contributed by atoms with E-state index in [1.807, 2.05) is 0 Å². The fourth-order valence-corrected chi connectivity index (χ4v) is 4.14. The Kier molecular flexibility index (Phi) is 5.10. The van der Waals surface area contributed by atoms with E-state index in [4.69, 9.17) is 9.15 Å². The van der Waals surface area contributed by atoms with Crippen molar-refractivity contribution in [2.45, 2.75) is 24.4 Å². The lowest BCUT2D eigenvalue weighted by atomic mass is 10.2. The van der Waals surface area contributed by atoms with Gasteiger partial charge in [0.15, 0.2) is 5.76 Å². The Hall–Kier alpha value is -2.32. The Labute approximate surface area is 146 Å². The van der Waals surface area contributed by atoms with Gasteiger partial charge in [-0.3, -0.25) is 4.79 Å². The van der Waals surface area contributed by atoms with Crippen molar-refractivity contribution in [3.8, 4) is 5.75 Å². The Bertz CT molecular complexity index is 853. The maximum atomic E-state index is 12.5. The lowest BCUT2D eigenvalue weighted by Crippen LogP contribution is -2.35. The number of methoxy groups -OCH3 is 1. The average molecular weight is 364 g/mol. The molecule has 2 aromatic rings. The molecule has 1 N–H and O–H groups in total. The van der Waals surface area contributed by atoms with Crippen molar-refractivity contribution in [2.75, 3.05) is 25.5 Å². The van der Waals surface area contributed by atoms with E-state index >= 15 is 0 Å². The number of nitrogens with one attached hydrogen (secondary N) is 1. The van der Waals surface area contributed by atoms with Crippen LogP contribution in [-0.2, 0) is 10.0 Å². The smallest absolute Gasteiger partial charge is 0.291 e. The van der Waals surface area contributed by atoms with Crippen LogP contribution in [0.25, 0.3) is 0 Å². The van der Waals surface area contributed by atoms with Crippen molar-refractivity contribution in [1.29, 1.82) is 0 Å². The summed E-state index contributed by atoms with van der Waals surface area (Å²) in [5.74, 6) is 0.0253. The number of hydrogen-bond acceptors (Lipinski definition) is 5. The van der Waals surface area contributed by atoms with Gasteiger partial charge in [-0.1, -0.05) is 12.5 Å². The van der Waals surface area contributed by atoms with Gasteiger partial charge in [0.05, 0.1) is 7.11 Å². The van der Waals surface area contributed by atoms with E-state index in [9.17, 15) is 13.2 Å². The first-order valence-electron chi connectivity index (χ1n) is 8.06. The van der Waals surface area contributed by atoms with Crippen LogP contribution in [-0.4, -0.2) is 38.8 Å². The number of nitrogens with zero attached hydrogens (tertiary/aromatic N) is 1. The molecule has 1 aromatic heterocycles. The number of furan rings is 1. The molecule has 0 unspecified atom stereocenters. The van der Waals surface area contributed by atoms with Crippen molar-refractivity contribution in [2.24, 2.45) is 0 Å². The third-order valence-corrected chi connectivity index (χ3v) is 5.81. The minimum Gasteiger partial charge on any atom is -0.497 e. The summed E-state index contributed by atoms with van der Waals surface area (Å²) in [5, 5.41) is 2.45. The van der Waals surface area contributed by atoms with Gasteiger partial charge >= 0.3 is 0 Å². The van der Waals surface area contributed by atoms with Crippen LogP contribution in [0.4, 0.5) is 5.69 Å². The number of carbonyl (C=O) groups excluding carboxylic acids is 1. The van der Waals surface area contributed by atoms with Crippen LogP contribution in [0, 0.1) is 0 Å². The number of amides is 1. The Morgan fingerprint density at radius 2 is 1.92 bits per heavy atom. The minimum absolute atomic E-state index is 0.0570. The van der Waals surface area contributed by atoms with Crippen LogP contribution in [0.5, 0.6) is 5.75 Å². The summed E-state index contributed by atoms with van der Waals surface area (Å²) in [6.45, 7) is 0.961. The molecule has 1 amide bonds. The van der Waals surface area contributed by atoms with Gasteiger partial charge in [-0.25, -0.2) is 8.42 Å². The number of rotatable bonds is 5. The molecule has 1 fully saturated rings. The molecule has 25 heavy (non-hydrogen) atoms. The molecular weight excluding hydrogens is 344 g/mol. The molecule has 1 saturated heterocycles. The fraction of sp³-hybridized carbons (Fsp3) is 0.353. The molecule has 0 radical (unpaired) electrons. The van der Waals surface area contributed by atoms with Crippen molar-refractivity contribution in [3.63, 3.8) is 0 Å². The van der Waals surface area contributed by atoms with Crippen molar-refractivity contribution in [1.82, 2.24) is 4.31 Å². The molecule has 0 bridgehead atoms. The lowest BCUT2D eigenvalue weighted by Gasteiger charge is -2.24. The van der Waals surface area contributed by atoms with E-state index in [1.165, 1.54) is 23.5 Å². The molecule has 8 heteroatoms. The standard InChI is InChI=1S/C17H20N2O5S/c1-23-14-7-5-6-13(12-14)18-17(20)15-8-9-16(24-15)25(21,22)19-10-3-2-4-11-19/h5-9,12H,2-4,10-11H2,1H3,(H,18,20). The SMILES string of the molecule is COc1cccc(NC(=O)c2ccc(S(=O)(=O)N3CCCCC3)o2)c1. The molecule has 1 aromatic carbocycles. The molecule has 0 atom stereocenters.